The highest BCUT2D eigenvalue weighted by atomic mass is 32.1. The summed E-state index contributed by atoms with van der Waals surface area (Å²) in [5, 5.41) is 10.3. The molecule has 3 rings (SSSR count). The van der Waals surface area contributed by atoms with Gasteiger partial charge in [0.25, 0.3) is 0 Å². The minimum atomic E-state index is -0.578. The first-order valence-electron chi connectivity index (χ1n) is 8.27. The number of rotatable bonds is 10. The first-order valence-corrected chi connectivity index (χ1v) is 9.09. The van der Waals surface area contributed by atoms with E-state index in [0.717, 1.165) is 18.1 Å². The van der Waals surface area contributed by atoms with Gasteiger partial charge in [0.15, 0.2) is 0 Å². The highest BCUT2D eigenvalue weighted by Gasteiger charge is 2.15. The van der Waals surface area contributed by atoms with Gasteiger partial charge in [-0.05, 0) is 43.3 Å². The van der Waals surface area contributed by atoms with E-state index in [0.29, 0.717) is 19.7 Å². The second-order valence-electron chi connectivity index (χ2n) is 6.01. The molecule has 6 heteroatoms. The lowest BCUT2D eigenvalue weighted by molar-refractivity contribution is 0.00178. The molecule has 3 aromatic rings. The van der Waals surface area contributed by atoms with Crippen LogP contribution in [0.3, 0.4) is 0 Å². The van der Waals surface area contributed by atoms with Crippen LogP contribution in [0.5, 0.6) is 0 Å². The van der Waals surface area contributed by atoms with Crippen LogP contribution >= 0.6 is 11.3 Å². The van der Waals surface area contributed by atoms with Crippen LogP contribution in [0.25, 0.3) is 0 Å². The van der Waals surface area contributed by atoms with Crippen molar-refractivity contribution in [1.82, 2.24) is 4.90 Å². The summed E-state index contributed by atoms with van der Waals surface area (Å²) < 4.78 is 16.2. The van der Waals surface area contributed by atoms with Crippen molar-refractivity contribution in [2.45, 2.75) is 32.7 Å². The maximum atomic E-state index is 10.3. The van der Waals surface area contributed by atoms with Crippen LogP contribution in [-0.4, -0.2) is 29.3 Å². The minimum Gasteiger partial charge on any atom is -0.468 e. The molecular weight excluding hydrogens is 338 g/mol. The Morgan fingerprint density at radius 1 is 1.08 bits per heavy atom. The molecule has 5 nitrogen and oxygen atoms in total. The Morgan fingerprint density at radius 3 is 2.48 bits per heavy atom. The molecule has 0 fully saturated rings. The third kappa shape index (κ3) is 5.86. The average Bonchev–Trinajstić information content (AvgIpc) is 3.31. The lowest BCUT2D eigenvalue weighted by Crippen LogP contribution is -2.34. The first kappa shape index (κ1) is 17.9. The number of thiophene rings is 1. The molecule has 0 saturated heterocycles. The Labute approximate surface area is 151 Å². The molecular formula is C19H23NO4S. The topological polar surface area (TPSA) is 59.0 Å². The fraction of sp³-hybridized carbons (Fsp3) is 0.368. The zero-order valence-corrected chi connectivity index (χ0v) is 15.1. The van der Waals surface area contributed by atoms with Gasteiger partial charge in [-0.2, -0.15) is 0 Å². The van der Waals surface area contributed by atoms with Gasteiger partial charge in [-0.3, -0.25) is 4.90 Å². The van der Waals surface area contributed by atoms with Crippen LogP contribution in [0.4, 0.5) is 0 Å². The van der Waals surface area contributed by atoms with Crippen LogP contribution in [0, 0.1) is 6.92 Å². The van der Waals surface area contributed by atoms with Crippen molar-refractivity contribution in [2.24, 2.45) is 0 Å². The standard InChI is InChI=1S/C19H23NO4S/c1-15-6-7-19(25-15)12-20(11-17-4-2-8-23-17)10-16(21)13-22-14-18-5-3-9-24-18/h2-9,16,21H,10-14H2,1H3/t16-/m0/s1. The van der Waals surface area contributed by atoms with E-state index in [9.17, 15) is 5.11 Å². The zero-order valence-electron chi connectivity index (χ0n) is 14.3. The lowest BCUT2D eigenvalue weighted by Gasteiger charge is -2.23. The van der Waals surface area contributed by atoms with Gasteiger partial charge in [0, 0.05) is 22.8 Å². The SMILES string of the molecule is Cc1ccc(CN(Cc2ccco2)C[C@H](O)COCc2ccco2)s1. The predicted octanol–water partition coefficient (Wildman–Crippen LogP) is 3.82. The number of aliphatic hydroxyl groups excluding tert-OH is 1. The van der Waals surface area contributed by atoms with E-state index in [4.69, 9.17) is 13.6 Å². The Morgan fingerprint density at radius 2 is 1.84 bits per heavy atom. The van der Waals surface area contributed by atoms with Crippen molar-refractivity contribution in [3.63, 3.8) is 0 Å². The van der Waals surface area contributed by atoms with Crippen LogP contribution in [0.2, 0.25) is 0 Å². The van der Waals surface area contributed by atoms with Crippen molar-refractivity contribution in [3.05, 3.63) is 70.2 Å². The van der Waals surface area contributed by atoms with Crippen molar-refractivity contribution in [3.8, 4) is 0 Å². The first-order chi connectivity index (χ1) is 12.2. The second kappa shape index (κ2) is 9.01. The number of hydrogen-bond donors (Lipinski definition) is 1. The van der Waals surface area contributed by atoms with E-state index in [-0.39, 0.29) is 6.61 Å². The second-order valence-corrected chi connectivity index (χ2v) is 7.38. The Bertz CT molecular complexity index is 721. The molecule has 134 valence electrons. The lowest BCUT2D eigenvalue weighted by atomic mass is 10.3. The molecule has 0 radical (unpaired) electrons. The fourth-order valence-corrected chi connectivity index (χ4v) is 3.57. The Hall–Kier alpha value is -1.86. The van der Waals surface area contributed by atoms with Gasteiger partial charge >= 0.3 is 0 Å². The predicted molar refractivity (Wildman–Crippen MR) is 96.2 cm³/mol. The summed E-state index contributed by atoms with van der Waals surface area (Å²) >= 11 is 1.77. The zero-order chi connectivity index (χ0) is 17.5. The van der Waals surface area contributed by atoms with Crippen LogP contribution in [0.15, 0.2) is 57.8 Å². The largest absolute Gasteiger partial charge is 0.468 e. The summed E-state index contributed by atoms with van der Waals surface area (Å²) in [4.78, 5) is 4.73. The van der Waals surface area contributed by atoms with E-state index in [1.807, 2.05) is 24.3 Å². The molecule has 0 aliphatic carbocycles. The third-order valence-corrected chi connectivity index (χ3v) is 4.72. The molecule has 0 aliphatic rings. The summed E-state index contributed by atoms with van der Waals surface area (Å²) in [6.45, 7) is 4.66. The molecule has 0 bridgehead atoms. The van der Waals surface area contributed by atoms with Gasteiger partial charge in [0.05, 0.1) is 31.8 Å². The normalized spacial score (nSPS) is 12.8. The molecule has 0 aromatic carbocycles. The molecule has 0 unspecified atom stereocenters. The van der Waals surface area contributed by atoms with E-state index in [1.165, 1.54) is 9.75 Å². The maximum absolute atomic E-state index is 10.3. The van der Waals surface area contributed by atoms with Crippen LogP contribution < -0.4 is 0 Å². The maximum Gasteiger partial charge on any atom is 0.129 e. The third-order valence-electron chi connectivity index (χ3n) is 3.74. The van der Waals surface area contributed by atoms with E-state index >= 15 is 0 Å². The summed E-state index contributed by atoms with van der Waals surface area (Å²) in [7, 11) is 0. The summed E-state index contributed by atoms with van der Waals surface area (Å²) in [5.74, 6) is 1.64. The van der Waals surface area contributed by atoms with Crippen molar-refractivity contribution in [1.29, 1.82) is 0 Å². The summed E-state index contributed by atoms with van der Waals surface area (Å²) in [6, 6.07) is 11.8. The van der Waals surface area contributed by atoms with Crippen LogP contribution in [0.1, 0.15) is 21.3 Å². The molecule has 3 heterocycles. The molecule has 3 aromatic heterocycles. The smallest absolute Gasteiger partial charge is 0.129 e. The minimum absolute atomic E-state index is 0.263. The van der Waals surface area contributed by atoms with Gasteiger partial charge in [-0.15, -0.1) is 11.3 Å². The molecule has 0 aliphatic heterocycles. The molecule has 0 amide bonds. The van der Waals surface area contributed by atoms with Gasteiger partial charge in [0.1, 0.15) is 18.1 Å². The number of hydrogen-bond acceptors (Lipinski definition) is 6. The molecule has 1 atom stereocenters. The van der Waals surface area contributed by atoms with Crippen molar-refractivity contribution in [2.75, 3.05) is 13.2 Å². The highest BCUT2D eigenvalue weighted by molar-refractivity contribution is 7.11. The number of aliphatic hydroxyl groups is 1. The van der Waals surface area contributed by atoms with E-state index < -0.39 is 6.10 Å². The van der Waals surface area contributed by atoms with Gasteiger partial charge < -0.3 is 18.7 Å². The number of ether oxygens (including phenoxy) is 1. The van der Waals surface area contributed by atoms with Crippen molar-refractivity contribution >= 4 is 11.3 Å². The van der Waals surface area contributed by atoms with Crippen molar-refractivity contribution < 1.29 is 18.7 Å². The number of aryl methyl sites for hydroxylation is 1. The number of furan rings is 2. The van der Waals surface area contributed by atoms with Gasteiger partial charge in [0.2, 0.25) is 0 Å². The molecule has 25 heavy (non-hydrogen) atoms. The summed E-state index contributed by atoms with van der Waals surface area (Å²) in [5.41, 5.74) is 0. The van der Waals surface area contributed by atoms with E-state index in [1.54, 1.807) is 23.9 Å². The Kier molecular flexibility index (Phi) is 6.47. The van der Waals surface area contributed by atoms with Crippen LogP contribution in [-0.2, 0) is 24.4 Å². The fourth-order valence-electron chi connectivity index (χ4n) is 2.64. The Balaban J connectivity index is 1.52. The summed E-state index contributed by atoms with van der Waals surface area (Å²) in [6.07, 6.45) is 2.71. The van der Waals surface area contributed by atoms with Gasteiger partial charge in [-0.25, -0.2) is 0 Å². The molecule has 0 spiro atoms. The van der Waals surface area contributed by atoms with E-state index in [2.05, 4.69) is 24.0 Å². The average molecular weight is 361 g/mol. The molecule has 0 saturated carbocycles. The monoisotopic (exact) mass is 361 g/mol. The van der Waals surface area contributed by atoms with Gasteiger partial charge in [-0.1, -0.05) is 0 Å². The number of nitrogens with zero attached hydrogens (tertiary/aromatic N) is 1. The quantitative estimate of drug-likeness (QED) is 0.595. The highest BCUT2D eigenvalue weighted by Crippen LogP contribution is 2.19. The molecule has 1 N–H and O–H groups in total.